The van der Waals surface area contributed by atoms with E-state index in [9.17, 15) is 9.59 Å². The molecule has 5 heteroatoms. The van der Waals surface area contributed by atoms with E-state index in [1.165, 1.54) is 18.1 Å². The molecule has 0 fully saturated rings. The molecule has 1 amide bonds. The molecule has 0 bridgehead atoms. The molecule has 0 radical (unpaired) electrons. The predicted octanol–water partition coefficient (Wildman–Crippen LogP) is 2.00. The molecule has 0 aromatic carbocycles. The summed E-state index contributed by atoms with van der Waals surface area (Å²) in [4.78, 5) is 24.2. The summed E-state index contributed by atoms with van der Waals surface area (Å²) in [6, 6.07) is 3.02. The Balaban J connectivity index is 2.72. The van der Waals surface area contributed by atoms with Gasteiger partial charge in [0.05, 0.1) is 7.11 Å². The van der Waals surface area contributed by atoms with Crippen molar-refractivity contribution in [2.45, 2.75) is 12.8 Å². The van der Waals surface area contributed by atoms with E-state index >= 15 is 0 Å². The van der Waals surface area contributed by atoms with E-state index in [1.54, 1.807) is 19.2 Å². The Bertz CT molecular complexity index is 422. The number of furan rings is 1. The summed E-state index contributed by atoms with van der Waals surface area (Å²) in [6.45, 7) is 3.55. The van der Waals surface area contributed by atoms with Crippen LogP contribution in [0.25, 0.3) is 0 Å². The summed E-state index contributed by atoms with van der Waals surface area (Å²) in [7, 11) is 2.86. The van der Waals surface area contributed by atoms with Crippen LogP contribution in [0, 0.1) is 0 Å². The van der Waals surface area contributed by atoms with Crippen LogP contribution in [0.2, 0.25) is 0 Å². The van der Waals surface area contributed by atoms with Gasteiger partial charge in [-0.3, -0.25) is 9.69 Å². The zero-order valence-corrected chi connectivity index (χ0v) is 9.93. The Labute approximate surface area is 99.7 Å². The second-order valence-corrected chi connectivity index (χ2v) is 3.41. The third kappa shape index (κ3) is 3.21. The molecule has 0 aliphatic carbocycles. The van der Waals surface area contributed by atoms with E-state index < -0.39 is 5.97 Å². The van der Waals surface area contributed by atoms with Gasteiger partial charge < -0.3 is 9.15 Å². The Morgan fingerprint density at radius 3 is 2.82 bits per heavy atom. The van der Waals surface area contributed by atoms with Gasteiger partial charge in [0.15, 0.2) is 0 Å². The van der Waals surface area contributed by atoms with Gasteiger partial charge in [0.2, 0.25) is 17.6 Å². The van der Waals surface area contributed by atoms with E-state index in [0.29, 0.717) is 18.7 Å². The van der Waals surface area contributed by atoms with Crippen LogP contribution >= 0.6 is 0 Å². The second-order valence-electron chi connectivity index (χ2n) is 3.41. The molecule has 0 atom stereocenters. The fourth-order valence-electron chi connectivity index (χ4n) is 1.23. The van der Waals surface area contributed by atoms with Gasteiger partial charge in [-0.1, -0.05) is 6.08 Å². The van der Waals surface area contributed by atoms with Gasteiger partial charge in [0.25, 0.3) is 0 Å². The van der Waals surface area contributed by atoms with E-state index in [-0.39, 0.29) is 11.7 Å². The van der Waals surface area contributed by atoms with Gasteiger partial charge in [-0.25, -0.2) is 4.79 Å². The van der Waals surface area contributed by atoms with E-state index in [1.807, 2.05) is 0 Å². The minimum Gasteiger partial charge on any atom is -0.463 e. The number of methoxy groups -OCH3 is 1. The minimum atomic E-state index is -0.566. The lowest BCUT2D eigenvalue weighted by Crippen LogP contribution is -2.25. The predicted molar refractivity (Wildman–Crippen MR) is 62.9 cm³/mol. The van der Waals surface area contributed by atoms with Crippen molar-refractivity contribution in [1.29, 1.82) is 0 Å². The summed E-state index contributed by atoms with van der Waals surface area (Å²) >= 11 is 0. The molecule has 1 aromatic heterocycles. The van der Waals surface area contributed by atoms with Crippen molar-refractivity contribution in [3.63, 3.8) is 0 Å². The van der Waals surface area contributed by atoms with Gasteiger partial charge >= 0.3 is 5.97 Å². The zero-order valence-electron chi connectivity index (χ0n) is 9.93. The van der Waals surface area contributed by atoms with Crippen molar-refractivity contribution in [2.24, 2.45) is 0 Å². The van der Waals surface area contributed by atoms with Gasteiger partial charge in [0, 0.05) is 19.5 Å². The molecule has 1 heterocycles. The molecule has 0 aliphatic rings. The number of rotatable bonds is 5. The highest BCUT2D eigenvalue weighted by atomic mass is 16.5. The number of carbonyl (C=O) groups is 2. The van der Waals surface area contributed by atoms with Crippen molar-refractivity contribution < 1.29 is 18.7 Å². The number of ether oxygens (including phenoxy) is 1. The molecule has 0 aliphatic heterocycles. The van der Waals surface area contributed by atoms with Crippen LogP contribution in [-0.2, 0) is 9.53 Å². The van der Waals surface area contributed by atoms with Crippen LogP contribution in [0.1, 0.15) is 23.4 Å². The van der Waals surface area contributed by atoms with Crippen LogP contribution < -0.4 is 4.90 Å². The first-order chi connectivity index (χ1) is 8.10. The fraction of sp³-hybridized carbons (Fsp3) is 0.333. The molecular formula is C12H15NO4. The average molecular weight is 237 g/mol. The normalized spacial score (nSPS) is 9.76. The molecule has 0 saturated carbocycles. The number of nitrogens with zero attached hydrogens (tertiary/aromatic N) is 1. The van der Waals surface area contributed by atoms with Crippen LogP contribution in [0.3, 0.4) is 0 Å². The van der Waals surface area contributed by atoms with Gasteiger partial charge in [-0.05, 0) is 12.5 Å². The fourth-order valence-corrected chi connectivity index (χ4v) is 1.23. The zero-order chi connectivity index (χ0) is 12.8. The lowest BCUT2D eigenvalue weighted by atomic mass is 10.3. The third-order valence-corrected chi connectivity index (χ3v) is 2.25. The third-order valence-electron chi connectivity index (χ3n) is 2.25. The number of hydrogen-bond acceptors (Lipinski definition) is 4. The number of anilines is 1. The van der Waals surface area contributed by atoms with Crippen LogP contribution in [0.5, 0.6) is 0 Å². The summed E-state index contributed by atoms with van der Waals surface area (Å²) < 4.78 is 9.71. The summed E-state index contributed by atoms with van der Waals surface area (Å²) in [5, 5.41) is 0. The topological polar surface area (TPSA) is 59.8 Å². The molecule has 1 rings (SSSR count). The van der Waals surface area contributed by atoms with Gasteiger partial charge in [-0.15, -0.1) is 6.58 Å². The first kappa shape index (κ1) is 13.0. The molecule has 5 nitrogen and oxygen atoms in total. The van der Waals surface area contributed by atoms with E-state index in [4.69, 9.17) is 4.42 Å². The summed E-state index contributed by atoms with van der Waals surface area (Å²) in [6.07, 6.45) is 2.63. The maximum Gasteiger partial charge on any atom is 0.374 e. The minimum absolute atomic E-state index is 0.0749. The first-order valence-electron chi connectivity index (χ1n) is 5.15. The smallest absolute Gasteiger partial charge is 0.374 e. The van der Waals surface area contributed by atoms with Gasteiger partial charge in [-0.2, -0.15) is 0 Å². The quantitative estimate of drug-likeness (QED) is 0.580. The van der Waals surface area contributed by atoms with E-state index in [2.05, 4.69) is 11.3 Å². The Hall–Kier alpha value is -2.04. The Kier molecular flexibility index (Phi) is 4.51. The van der Waals surface area contributed by atoms with Crippen molar-refractivity contribution in [1.82, 2.24) is 0 Å². The molecule has 17 heavy (non-hydrogen) atoms. The number of amides is 1. The number of hydrogen-bond donors (Lipinski definition) is 0. The number of carbonyl (C=O) groups excluding carboxylic acids is 2. The number of esters is 1. The largest absolute Gasteiger partial charge is 0.463 e. The molecule has 0 unspecified atom stereocenters. The maximum atomic E-state index is 11.7. The lowest BCUT2D eigenvalue weighted by molar-refractivity contribution is -0.118. The Morgan fingerprint density at radius 2 is 2.24 bits per heavy atom. The summed E-state index contributed by atoms with van der Waals surface area (Å²) in [5.74, 6) is -0.274. The summed E-state index contributed by atoms with van der Waals surface area (Å²) in [5.41, 5.74) is 0. The van der Waals surface area contributed by atoms with Crippen molar-refractivity contribution in [2.75, 3.05) is 19.1 Å². The SMILES string of the molecule is C=CCCC(=O)N(C)c1ccc(C(=O)OC)o1. The molecule has 0 N–H and O–H groups in total. The van der Waals surface area contributed by atoms with Crippen molar-refractivity contribution in [3.8, 4) is 0 Å². The van der Waals surface area contributed by atoms with Crippen molar-refractivity contribution in [3.05, 3.63) is 30.5 Å². The average Bonchev–Trinajstić information content (AvgIpc) is 2.83. The van der Waals surface area contributed by atoms with Crippen LogP contribution in [-0.4, -0.2) is 26.0 Å². The second kappa shape index (κ2) is 5.89. The lowest BCUT2D eigenvalue weighted by Gasteiger charge is -2.12. The molecular weight excluding hydrogens is 222 g/mol. The Morgan fingerprint density at radius 1 is 1.53 bits per heavy atom. The highest BCUT2D eigenvalue weighted by Crippen LogP contribution is 2.18. The highest BCUT2D eigenvalue weighted by Gasteiger charge is 2.17. The van der Waals surface area contributed by atoms with E-state index in [0.717, 1.165) is 0 Å². The molecule has 92 valence electrons. The number of allylic oxidation sites excluding steroid dienone is 1. The van der Waals surface area contributed by atoms with Crippen LogP contribution in [0.15, 0.2) is 29.2 Å². The molecule has 0 saturated heterocycles. The van der Waals surface area contributed by atoms with Crippen molar-refractivity contribution >= 4 is 17.8 Å². The maximum absolute atomic E-state index is 11.7. The van der Waals surface area contributed by atoms with Gasteiger partial charge in [0.1, 0.15) is 0 Å². The first-order valence-corrected chi connectivity index (χ1v) is 5.15. The highest BCUT2D eigenvalue weighted by molar-refractivity contribution is 5.92. The molecule has 0 spiro atoms. The standard InChI is InChI=1S/C12H15NO4/c1-4-5-6-10(14)13(2)11-8-7-9(17-11)12(15)16-3/h4,7-8H,1,5-6H2,2-3H3. The molecule has 1 aromatic rings. The monoisotopic (exact) mass is 237 g/mol. The van der Waals surface area contributed by atoms with Crippen LogP contribution in [0.4, 0.5) is 5.88 Å².